The third-order valence-corrected chi connectivity index (χ3v) is 5.49. The number of nitrogens with one attached hydrogen (secondary N) is 1. The fraction of sp³-hybridized carbons (Fsp3) is 0.182. The molecule has 0 amide bonds. The summed E-state index contributed by atoms with van der Waals surface area (Å²) in [5.41, 5.74) is 1.98. The maximum absolute atomic E-state index is 6.10. The number of halogens is 4. The summed E-state index contributed by atoms with van der Waals surface area (Å²) in [6.45, 7) is 2.64. The number of anilines is 1. The Bertz CT molecular complexity index is 587. The van der Waals surface area contributed by atoms with Gasteiger partial charge in [0, 0.05) is 25.0 Å². The largest absolute Gasteiger partial charge is 0.378 e. The zero-order valence-electron chi connectivity index (χ0n) is 9.23. The molecule has 96 valence electrons. The lowest BCUT2D eigenvalue weighted by atomic mass is 10.2. The molecule has 2 aromatic rings. The lowest BCUT2D eigenvalue weighted by Gasteiger charge is -2.13. The molecule has 0 radical (unpaired) electrons. The van der Waals surface area contributed by atoms with Crippen LogP contribution in [0.4, 0.5) is 5.69 Å². The number of thiazole rings is 1. The van der Waals surface area contributed by atoms with E-state index in [0.29, 0.717) is 11.0 Å². The van der Waals surface area contributed by atoms with Gasteiger partial charge in [-0.3, -0.25) is 0 Å². The van der Waals surface area contributed by atoms with Gasteiger partial charge in [0.2, 0.25) is 0 Å². The molecule has 2 rings (SSSR count). The second-order valence-electron chi connectivity index (χ2n) is 3.59. The first-order valence-corrected chi connectivity index (χ1v) is 8.13. The Kier molecular flexibility index (Phi) is 4.94. The molecule has 0 aliphatic heterocycles. The predicted octanol–water partition coefficient (Wildman–Crippen LogP) is 5.90. The van der Waals surface area contributed by atoms with Crippen LogP contribution in [-0.4, -0.2) is 4.98 Å². The van der Waals surface area contributed by atoms with E-state index in [1.54, 1.807) is 6.20 Å². The molecule has 0 atom stereocenters. The van der Waals surface area contributed by atoms with E-state index in [2.05, 4.69) is 42.2 Å². The van der Waals surface area contributed by atoms with Gasteiger partial charge in [-0.2, -0.15) is 0 Å². The van der Waals surface area contributed by atoms with Crippen molar-refractivity contribution in [3.05, 3.63) is 41.1 Å². The Morgan fingerprint density at radius 2 is 2.11 bits per heavy atom. The summed E-state index contributed by atoms with van der Waals surface area (Å²) in [5.74, 6) is 0. The van der Waals surface area contributed by atoms with Crippen molar-refractivity contribution in [2.24, 2.45) is 0 Å². The van der Waals surface area contributed by atoms with Crippen LogP contribution < -0.4 is 5.32 Å². The standard InChI is InChI=1S/C11H8Br2Cl2N2S/c1-5-8(14)2-7(12)10(9(5)13)16-3-6-4-17-11(15)18-6/h2,4,16H,3H2,1H3. The summed E-state index contributed by atoms with van der Waals surface area (Å²) in [6, 6.07) is 1.88. The van der Waals surface area contributed by atoms with Crippen molar-refractivity contribution in [2.45, 2.75) is 13.5 Å². The van der Waals surface area contributed by atoms with Crippen LogP contribution in [0.5, 0.6) is 0 Å². The molecule has 0 aliphatic carbocycles. The second-order valence-corrected chi connectivity index (χ2v) is 7.34. The number of benzene rings is 1. The van der Waals surface area contributed by atoms with Crippen molar-refractivity contribution in [2.75, 3.05) is 5.32 Å². The summed E-state index contributed by atoms with van der Waals surface area (Å²) >= 11 is 20.4. The van der Waals surface area contributed by atoms with Gasteiger partial charge in [-0.05, 0) is 50.4 Å². The van der Waals surface area contributed by atoms with Crippen LogP contribution in [0.25, 0.3) is 0 Å². The minimum atomic E-state index is 0.553. The number of rotatable bonds is 3. The Morgan fingerprint density at radius 1 is 1.39 bits per heavy atom. The molecular formula is C11H8Br2Cl2N2S. The van der Waals surface area contributed by atoms with Crippen molar-refractivity contribution in [3.8, 4) is 0 Å². The molecule has 2 nitrogen and oxygen atoms in total. The quantitative estimate of drug-likeness (QED) is 0.656. The van der Waals surface area contributed by atoms with E-state index in [1.165, 1.54) is 11.3 Å². The molecule has 0 spiro atoms. The lowest BCUT2D eigenvalue weighted by molar-refractivity contribution is 1.16. The molecule has 1 aromatic heterocycles. The molecule has 18 heavy (non-hydrogen) atoms. The van der Waals surface area contributed by atoms with E-state index in [-0.39, 0.29) is 0 Å². The zero-order chi connectivity index (χ0) is 13.3. The highest BCUT2D eigenvalue weighted by Crippen LogP contribution is 2.38. The van der Waals surface area contributed by atoms with Gasteiger partial charge in [-0.1, -0.05) is 23.2 Å². The van der Waals surface area contributed by atoms with Crippen LogP contribution in [0.2, 0.25) is 9.49 Å². The maximum Gasteiger partial charge on any atom is 0.183 e. The Hall–Kier alpha value is 0.190. The van der Waals surface area contributed by atoms with Gasteiger partial charge in [0.25, 0.3) is 0 Å². The highest BCUT2D eigenvalue weighted by molar-refractivity contribution is 9.11. The average Bonchev–Trinajstić information content (AvgIpc) is 2.72. The third kappa shape index (κ3) is 3.20. The molecule has 0 aliphatic rings. The van der Waals surface area contributed by atoms with Crippen molar-refractivity contribution < 1.29 is 0 Å². The second kappa shape index (κ2) is 6.09. The highest BCUT2D eigenvalue weighted by Gasteiger charge is 2.11. The highest BCUT2D eigenvalue weighted by atomic mass is 79.9. The molecule has 0 bridgehead atoms. The topological polar surface area (TPSA) is 24.9 Å². The van der Waals surface area contributed by atoms with Crippen molar-refractivity contribution in [3.63, 3.8) is 0 Å². The first-order chi connectivity index (χ1) is 8.49. The third-order valence-electron chi connectivity index (χ3n) is 2.36. The first-order valence-electron chi connectivity index (χ1n) is 4.97. The Labute approximate surface area is 136 Å². The van der Waals surface area contributed by atoms with Crippen LogP contribution in [-0.2, 0) is 6.54 Å². The van der Waals surface area contributed by atoms with Gasteiger partial charge < -0.3 is 5.32 Å². The van der Waals surface area contributed by atoms with E-state index in [1.807, 2.05) is 13.0 Å². The minimum Gasteiger partial charge on any atom is -0.378 e. The molecule has 1 heterocycles. The van der Waals surface area contributed by atoms with Gasteiger partial charge in [-0.25, -0.2) is 4.98 Å². The molecule has 0 fully saturated rings. The van der Waals surface area contributed by atoms with E-state index in [0.717, 1.165) is 30.1 Å². The van der Waals surface area contributed by atoms with E-state index < -0.39 is 0 Å². The molecule has 0 saturated heterocycles. The van der Waals surface area contributed by atoms with Crippen molar-refractivity contribution >= 4 is 72.1 Å². The minimum absolute atomic E-state index is 0.553. The normalized spacial score (nSPS) is 10.7. The first kappa shape index (κ1) is 14.6. The molecule has 0 saturated carbocycles. The summed E-state index contributed by atoms with van der Waals surface area (Å²) in [7, 11) is 0. The van der Waals surface area contributed by atoms with E-state index in [4.69, 9.17) is 23.2 Å². The number of nitrogens with zero attached hydrogens (tertiary/aromatic N) is 1. The summed E-state index contributed by atoms with van der Waals surface area (Å²) < 4.78 is 2.43. The van der Waals surface area contributed by atoms with Crippen molar-refractivity contribution in [1.29, 1.82) is 0 Å². The maximum atomic E-state index is 6.10. The van der Waals surface area contributed by atoms with Gasteiger partial charge in [0.1, 0.15) is 0 Å². The van der Waals surface area contributed by atoms with Gasteiger partial charge in [0.05, 0.1) is 12.2 Å². The average molecular weight is 431 g/mol. The summed E-state index contributed by atoms with van der Waals surface area (Å²) in [6.07, 6.45) is 1.77. The van der Waals surface area contributed by atoms with Gasteiger partial charge in [0.15, 0.2) is 4.47 Å². The zero-order valence-corrected chi connectivity index (χ0v) is 14.7. The van der Waals surface area contributed by atoms with Crippen LogP contribution >= 0.6 is 66.4 Å². The van der Waals surface area contributed by atoms with Crippen molar-refractivity contribution in [1.82, 2.24) is 4.98 Å². The number of hydrogen-bond acceptors (Lipinski definition) is 3. The van der Waals surface area contributed by atoms with E-state index >= 15 is 0 Å². The fourth-order valence-electron chi connectivity index (χ4n) is 1.39. The van der Waals surface area contributed by atoms with Crippen LogP contribution in [0, 0.1) is 6.92 Å². The Balaban J connectivity index is 2.22. The van der Waals surface area contributed by atoms with Crippen LogP contribution in [0.1, 0.15) is 10.4 Å². The molecule has 1 aromatic carbocycles. The number of aromatic nitrogens is 1. The predicted molar refractivity (Wildman–Crippen MR) is 86.0 cm³/mol. The van der Waals surface area contributed by atoms with Gasteiger partial charge >= 0.3 is 0 Å². The summed E-state index contributed by atoms with van der Waals surface area (Å²) in [4.78, 5) is 5.08. The molecule has 7 heteroatoms. The molecular weight excluding hydrogens is 423 g/mol. The van der Waals surface area contributed by atoms with E-state index in [9.17, 15) is 0 Å². The smallest absolute Gasteiger partial charge is 0.183 e. The van der Waals surface area contributed by atoms with Gasteiger partial charge in [-0.15, -0.1) is 11.3 Å². The monoisotopic (exact) mass is 428 g/mol. The lowest BCUT2D eigenvalue weighted by Crippen LogP contribution is -2.00. The molecule has 0 unspecified atom stereocenters. The fourth-order valence-corrected chi connectivity index (χ4v) is 4.16. The summed E-state index contributed by atoms with van der Waals surface area (Å²) in [5, 5.41) is 4.06. The van der Waals surface area contributed by atoms with Crippen LogP contribution in [0.3, 0.4) is 0 Å². The number of hydrogen-bond donors (Lipinski definition) is 1. The molecule has 1 N–H and O–H groups in total. The SMILES string of the molecule is Cc1c(Cl)cc(Br)c(NCc2cnc(Cl)s2)c1Br. The Morgan fingerprint density at radius 3 is 2.72 bits per heavy atom. The van der Waals surface area contributed by atoms with Crippen LogP contribution in [0.15, 0.2) is 21.2 Å².